The Hall–Kier alpha value is -1.26. The highest BCUT2D eigenvalue weighted by Gasteiger charge is 2.26. The summed E-state index contributed by atoms with van der Waals surface area (Å²) in [6.07, 6.45) is 0. The minimum atomic E-state index is -0.601. The van der Waals surface area contributed by atoms with Crippen LogP contribution >= 0.6 is 0 Å². The van der Waals surface area contributed by atoms with Crippen molar-refractivity contribution in [2.24, 2.45) is 5.73 Å². The van der Waals surface area contributed by atoms with Crippen molar-refractivity contribution in [3.63, 3.8) is 0 Å². The third-order valence-corrected chi connectivity index (χ3v) is 2.63. The van der Waals surface area contributed by atoms with Gasteiger partial charge in [-0.1, -0.05) is 0 Å². The molecule has 0 amide bonds. The number of hydrogen-bond donors (Lipinski definition) is 1. The molecule has 96 valence electrons. The van der Waals surface area contributed by atoms with Crippen molar-refractivity contribution in [1.29, 1.82) is 0 Å². The number of ether oxygens (including phenoxy) is 3. The first-order chi connectivity index (χ1) is 8.05. The topological polar surface area (TPSA) is 53.7 Å². The Balaban J connectivity index is 3.07. The van der Waals surface area contributed by atoms with E-state index < -0.39 is 5.54 Å². The van der Waals surface area contributed by atoms with Gasteiger partial charge < -0.3 is 19.9 Å². The van der Waals surface area contributed by atoms with Gasteiger partial charge in [0.25, 0.3) is 0 Å². The van der Waals surface area contributed by atoms with Gasteiger partial charge in [0.05, 0.1) is 26.4 Å². The summed E-state index contributed by atoms with van der Waals surface area (Å²) in [5.41, 5.74) is 6.54. The predicted octanol–water partition coefficient (Wildman–Crippen LogP) is 1.91. The van der Waals surface area contributed by atoms with E-state index in [0.717, 1.165) is 17.1 Å². The molecule has 0 aromatic heterocycles. The first kappa shape index (κ1) is 13.8. The second-order valence-corrected chi connectivity index (χ2v) is 4.12. The Morgan fingerprint density at radius 2 is 1.94 bits per heavy atom. The van der Waals surface area contributed by atoms with Gasteiger partial charge >= 0.3 is 0 Å². The Kier molecular flexibility index (Phi) is 4.78. The van der Waals surface area contributed by atoms with Gasteiger partial charge in [-0.2, -0.15) is 0 Å². The predicted molar refractivity (Wildman–Crippen MR) is 67.6 cm³/mol. The van der Waals surface area contributed by atoms with E-state index >= 15 is 0 Å². The van der Waals surface area contributed by atoms with Crippen molar-refractivity contribution in [2.75, 3.05) is 27.4 Å². The molecule has 0 aliphatic carbocycles. The molecule has 4 nitrogen and oxygen atoms in total. The van der Waals surface area contributed by atoms with Crippen molar-refractivity contribution >= 4 is 0 Å². The Labute approximate surface area is 103 Å². The first-order valence-corrected chi connectivity index (χ1v) is 5.64. The van der Waals surface area contributed by atoms with Crippen molar-refractivity contribution in [2.45, 2.75) is 19.4 Å². The highest BCUT2D eigenvalue weighted by atomic mass is 16.5. The molecule has 0 fully saturated rings. The molecule has 0 aliphatic rings. The molecular formula is C13H21NO3. The molecule has 0 spiro atoms. The summed E-state index contributed by atoms with van der Waals surface area (Å²) in [5.74, 6) is 1.50. The lowest BCUT2D eigenvalue weighted by Crippen LogP contribution is -2.38. The van der Waals surface area contributed by atoms with Gasteiger partial charge in [-0.25, -0.2) is 0 Å². The quantitative estimate of drug-likeness (QED) is 0.824. The van der Waals surface area contributed by atoms with Gasteiger partial charge in [-0.15, -0.1) is 0 Å². The summed E-state index contributed by atoms with van der Waals surface area (Å²) in [5, 5.41) is 0. The Morgan fingerprint density at radius 3 is 2.47 bits per heavy atom. The van der Waals surface area contributed by atoms with Crippen LogP contribution in [0.15, 0.2) is 18.2 Å². The maximum atomic E-state index is 6.26. The van der Waals surface area contributed by atoms with E-state index in [2.05, 4.69) is 0 Å². The lowest BCUT2D eigenvalue weighted by molar-refractivity contribution is 0.0996. The number of nitrogens with two attached hydrogens (primary N) is 1. The molecule has 1 aromatic rings. The van der Waals surface area contributed by atoms with Gasteiger partial charge in [0.1, 0.15) is 11.5 Å². The molecular weight excluding hydrogens is 218 g/mol. The highest BCUT2D eigenvalue weighted by molar-refractivity contribution is 5.44. The number of methoxy groups -OCH3 is 2. The van der Waals surface area contributed by atoms with Crippen LogP contribution < -0.4 is 15.2 Å². The average Bonchev–Trinajstić information content (AvgIpc) is 2.35. The van der Waals surface area contributed by atoms with Crippen LogP contribution in [-0.2, 0) is 10.3 Å². The fourth-order valence-corrected chi connectivity index (χ4v) is 1.65. The average molecular weight is 239 g/mol. The van der Waals surface area contributed by atoms with E-state index in [1.165, 1.54) is 0 Å². The van der Waals surface area contributed by atoms with Crippen LogP contribution in [0.5, 0.6) is 11.5 Å². The van der Waals surface area contributed by atoms with E-state index in [1.807, 2.05) is 32.0 Å². The van der Waals surface area contributed by atoms with Gasteiger partial charge in [0.2, 0.25) is 0 Å². The third kappa shape index (κ3) is 3.35. The maximum absolute atomic E-state index is 6.26. The molecule has 0 aliphatic heterocycles. The zero-order valence-electron chi connectivity index (χ0n) is 10.9. The summed E-state index contributed by atoms with van der Waals surface area (Å²) in [7, 11) is 3.25. The second-order valence-electron chi connectivity index (χ2n) is 4.12. The summed E-state index contributed by atoms with van der Waals surface area (Å²) in [4.78, 5) is 0. The van der Waals surface area contributed by atoms with Crippen LogP contribution in [0.3, 0.4) is 0 Å². The summed E-state index contributed by atoms with van der Waals surface area (Å²) in [6.45, 7) is 4.94. The summed E-state index contributed by atoms with van der Waals surface area (Å²) in [6, 6.07) is 5.59. The summed E-state index contributed by atoms with van der Waals surface area (Å²) < 4.78 is 15.9. The summed E-state index contributed by atoms with van der Waals surface area (Å²) >= 11 is 0. The number of rotatable bonds is 6. The van der Waals surface area contributed by atoms with Crippen molar-refractivity contribution in [3.8, 4) is 11.5 Å². The minimum absolute atomic E-state index is 0.438. The normalized spacial score (nSPS) is 14.2. The molecule has 0 saturated heterocycles. The van der Waals surface area contributed by atoms with E-state index in [0.29, 0.717) is 13.2 Å². The smallest absolute Gasteiger partial charge is 0.124 e. The SMILES string of the molecule is CCOCC(C)(N)c1cc(OC)ccc1OC. The molecule has 1 atom stereocenters. The van der Waals surface area contributed by atoms with Crippen LogP contribution in [0.1, 0.15) is 19.4 Å². The van der Waals surface area contributed by atoms with Crippen LogP contribution in [-0.4, -0.2) is 27.4 Å². The van der Waals surface area contributed by atoms with Gasteiger partial charge in [-0.05, 0) is 32.0 Å². The Bertz CT molecular complexity index is 364. The molecule has 1 rings (SSSR count). The third-order valence-electron chi connectivity index (χ3n) is 2.63. The number of benzene rings is 1. The van der Waals surface area contributed by atoms with Crippen LogP contribution in [0.25, 0.3) is 0 Å². The van der Waals surface area contributed by atoms with E-state index in [9.17, 15) is 0 Å². The fourth-order valence-electron chi connectivity index (χ4n) is 1.65. The molecule has 0 saturated carbocycles. The van der Waals surface area contributed by atoms with Crippen molar-refractivity contribution in [1.82, 2.24) is 0 Å². The second kappa shape index (κ2) is 5.89. The maximum Gasteiger partial charge on any atom is 0.124 e. The zero-order chi connectivity index (χ0) is 12.9. The van der Waals surface area contributed by atoms with Gasteiger partial charge in [0.15, 0.2) is 0 Å². The van der Waals surface area contributed by atoms with E-state index in [-0.39, 0.29) is 0 Å². The number of hydrogen-bond acceptors (Lipinski definition) is 4. The first-order valence-electron chi connectivity index (χ1n) is 5.64. The molecule has 0 heterocycles. The molecule has 4 heteroatoms. The molecule has 1 aromatic carbocycles. The van der Waals surface area contributed by atoms with Crippen molar-refractivity contribution in [3.05, 3.63) is 23.8 Å². The Morgan fingerprint density at radius 1 is 1.24 bits per heavy atom. The molecule has 0 radical (unpaired) electrons. The minimum Gasteiger partial charge on any atom is -0.497 e. The lowest BCUT2D eigenvalue weighted by atomic mass is 9.93. The molecule has 2 N–H and O–H groups in total. The molecule has 0 bridgehead atoms. The van der Waals surface area contributed by atoms with Crippen LogP contribution in [0, 0.1) is 0 Å². The van der Waals surface area contributed by atoms with Crippen molar-refractivity contribution < 1.29 is 14.2 Å². The standard InChI is InChI=1S/C13H21NO3/c1-5-17-9-13(2,14)11-8-10(15-3)6-7-12(11)16-4/h6-8H,5,9,14H2,1-4H3. The zero-order valence-corrected chi connectivity index (χ0v) is 10.9. The van der Waals surface area contributed by atoms with Gasteiger partial charge in [0, 0.05) is 12.2 Å². The van der Waals surface area contributed by atoms with Gasteiger partial charge in [-0.3, -0.25) is 0 Å². The molecule has 1 unspecified atom stereocenters. The largest absolute Gasteiger partial charge is 0.497 e. The van der Waals surface area contributed by atoms with E-state index in [1.54, 1.807) is 14.2 Å². The fraction of sp³-hybridized carbons (Fsp3) is 0.538. The molecule has 17 heavy (non-hydrogen) atoms. The monoisotopic (exact) mass is 239 g/mol. The highest BCUT2D eigenvalue weighted by Crippen LogP contribution is 2.31. The van der Waals surface area contributed by atoms with Crippen LogP contribution in [0.2, 0.25) is 0 Å². The van der Waals surface area contributed by atoms with Crippen LogP contribution in [0.4, 0.5) is 0 Å². The lowest BCUT2D eigenvalue weighted by Gasteiger charge is -2.27. The van der Waals surface area contributed by atoms with E-state index in [4.69, 9.17) is 19.9 Å².